The van der Waals surface area contributed by atoms with Crippen LogP contribution >= 0.6 is 0 Å². The molecule has 0 heterocycles. The molecule has 0 aliphatic carbocycles. The van der Waals surface area contributed by atoms with Crippen molar-refractivity contribution in [1.29, 1.82) is 0 Å². The fourth-order valence-corrected chi connectivity index (χ4v) is 3.44. The highest BCUT2D eigenvalue weighted by Crippen LogP contribution is 2.25. The van der Waals surface area contributed by atoms with E-state index >= 15 is 0 Å². The molecule has 0 bridgehead atoms. The topological polar surface area (TPSA) is 97.4 Å². The zero-order chi connectivity index (χ0) is 24.4. The number of ether oxygens (including phenoxy) is 4. The lowest BCUT2D eigenvalue weighted by Crippen LogP contribution is -2.42. The fourth-order valence-electron chi connectivity index (χ4n) is 2.55. The summed E-state index contributed by atoms with van der Waals surface area (Å²) in [6.07, 6.45) is -0.700. The van der Waals surface area contributed by atoms with E-state index in [1.807, 2.05) is 48.5 Å². The van der Waals surface area contributed by atoms with E-state index < -0.39 is 33.2 Å². The minimum absolute atomic E-state index is 0.0809. The van der Waals surface area contributed by atoms with Gasteiger partial charge in [0.25, 0.3) is 10.1 Å². The van der Waals surface area contributed by atoms with Crippen molar-refractivity contribution in [3.63, 3.8) is 0 Å². The second kappa shape index (κ2) is 12.6. The third-order valence-corrected chi connectivity index (χ3v) is 5.39. The van der Waals surface area contributed by atoms with Crippen molar-refractivity contribution in [3.05, 3.63) is 29.8 Å². The molecule has 32 heavy (non-hydrogen) atoms. The minimum Gasteiger partial charge on any atom is -0.458 e. The van der Waals surface area contributed by atoms with Crippen LogP contribution in [0.1, 0.15) is 47.1 Å². The zero-order valence-electron chi connectivity index (χ0n) is 20.3. The Hall–Kier alpha value is -1.52. The molecule has 0 fully saturated rings. The smallest absolute Gasteiger partial charge is 0.336 e. The number of benzene rings is 1. The lowest BCUT2D eigenvalue weighted by molar-refractivity contribution is -0.177. The Kier molecular flexibility index (Phi) is 11.3. The molecule has 1 atom stereocenters. The number of rotatable bonds is 13. The molecule has 1 rings (SSSR count). The maximum absolute atomic E-state index is 12.4. The van der Waals surface area contributed by atoms with Crippen LogP contribution < -0.4 is 0 Å². The summed E-state index contributed by atoms with van der Waals surface area (Å²) in [5.74, 6) is -0.395. The molecule has 0 radical (unpaired) electrons. The van der Waals surface area contributed by atoms with Crippen molar-refractivity contribution in [1.82, 2.24) is 0 Å². The van der Waals surface area contributed by atoms with Crippen LogP contribution in [0.4, 0.5) is 0 Å². The van der Waals surface area contributed by atoms with Gasteiger partial charge in [0, 0.05) is 0 Å². The van der Waals surface area contributed by atoms with Crippen LogP contribution in [0.3, 0.4) is 0 Å². The first-order valence-electron chi connectivity index (χ1n) is 10.7. The number of hydrogen-bond acceptors (Lipinski definition) is 8. The van der Waals surface area contributed by atoms with E-state index in [-0.39, 0.29) is 37.9 Å². The summed E-state index contributed by atoms with van der Waals surface area (Å²) in [5, 5.41) is 0. The Balaban J connectivity index is 2.20. The number of hydrogen-bond donors (Lipinski definition) is 0. The lowest BCUT2D eigenvalue weighted by Gasteiger charge is -2.31. The largest absolute Gasteiger partial charge is 0.458 e. The molecule has 1 unspecified atom stereocenters. The van der Waals surface area contributed by atoms with Gasteiger partial charge in [-0.15, -0.1) is 0 Å². The molecular weight excluding hydrogens is 436 g/mol. The summed E-state index contributed by atoms with van der Waals surface area (Å²) >= 11 is 0. The number of carbonyl (C=O) groups excluding carboxylic acids is 1. The molecule has 0 saturated heterocycles. The van der Waals surface area contributed by atoms with Crippen LogP contribution in [0.15, 0.2) is 29.2 Å². The van der Waals surface area contributed by atoms with E-state index in [4.69, 9.17) is 23.1 Å². The predicted octanol–water partition coefficient (Wildman–Crippen LogP) is 3.51. The maximum atomic E-state index is 12.4. The molecule has 0 aliphatic heterocycles. The Bertz CT molecular complexity index is 789. The van der Waals surface area contributed by atoms with Gasteiger partial charge in [-0.3, -0.25) is 4.18 Å². The van der Waals surface area contributed by atoms with Crippen molar-refractivity contribution in [2.24, 2.45) is 5.41 Å². The van der Waals surface area contributed by atoms with Gasteiger partial charge in [0.05, 0.1) is 44.5 Å². The average Bonchev–Trinajstić information content (AvgIpc) is 2.63. The molecule has 1 aromatic rings. The summed E-state index contributed by atoms with van der Waals surface area (Å²) in [4.78, 5) is 12.5. The third kappa shape index (κ3) is 11.4. The quantitative estimate of drug-likeness (QED) is 0.243. The van der Waals surface area contributed by atoms with Gasteiger partial charge in [-0.05, 0) is 45.2 Å². The third-order valence-electron chi connectivity index (χ3n) is 4.07. The summed E-state index contributed by atoms with van der Waals surface area (Å²) in [5.41, 5.74) is -0.0258. The van der Waals surface area contributed by atoms with Crippen molar-refractivity contribution in [2.45, 2.75) is 65.1 Å². The van der Waals surface area contributed by atoms with Gasteiger partial charge in [-0.2, -0.15) is 8.42 Å². The maximum Gasteiger partial charge on any atom is 0.336 e. The van der Waals surface area contributed by atoms with Crippen LogP contribution in [0.2, 0.25) is 0 Å². The number of esters is 1. The second-order valence-corrected chi connectivity index (χ2v) is 11.1. The number of carbonyl (C=O) groups is 1. The first-order chi connectivity index (χ1) is 14.7. The molecule has 0 aliphatic rings. The van der Waals surface area contributed by atoms with Crippen molar-refractivity contribution >= 4 is 16.1 Å². The Labute approximate surface area is 192 Å². The van der Waals surface area contributed by atoms with E-state index in [0.29, 0.717) is 6.61 Å². The standard InChI is InChI=1S/C23H38O8S/c1-18-8-10-19(11-9-18)32(25,26)30-17-15-28-13-12-27-14-16-29-20(22(2,3)4)21(24)31-23(5,6)7/h8-11,20H,12-17H2,1-7H3. The highest BCUT2D eigenvalue weighted by molar-refractivity contribution is 7.86. The molecule has 0 spiro atoms. The SMILES string of the molecule is Cc1ccc(S(=O)(=O)OCCOCCOCCOC(C(=O)OC(C)(C)C)C(C)(C)C)cc1. The molecule has 0 amide bonds. The monoisotopic (exact) mass is 474 g/mol. The Morgan fingerprint density at radius 3 is 1.84 bits per heavy atom. The van der Waals surface area contributed by atoms with Crippen LogP contribution in [-0.2, 0) is 38.0 Å². The van der Waals surface area contributed by atoms with Gasteiger partial charge in [0.15, 0.2) is 6.10 Å². The Morgan fingerprint density at radius 2 is 1.34 bits per heavy atom. The fraction of sp³-hybridized carbons (Fsp3) is 0.696. The van der Waals surface area contributed by atoms with Crippen LogP contribution in [-0.4, -0.2) is 65.7 Å². The zero-order valence-corrected chi connectivity index (χ0v) is 21.1. The van der Waals surface area contributed by atoms with Crippen LogP contribution in [0.5, 0.6) is 0 Å². The molecule has 1 aromatic carbocycles. The second-order valence-electron chi connectivity index (χ2n) is 9.46. The van der Waals surface area contributed by atoms with Gasteiger partial charge < -0.3 is 18.9 Å². The number of aryl methyl sites for hydroxylation is 1. The first kappa shape index (κ1) is 28.5. The van der Waals surface area contributed by atoms with Crippen LogP contribution in [0, 0.1) is 12.3 Å². The van der Waals surface area contributed by atoms with E-state index in [2.05, 4.69) is 0 Å². The lowest BCUT2D eigenvalue weighted by atomic mass is 9.89. The predicted molar refractivity (Wildman–Crippen MR) is 121 cm³/mol. The molecule has 9 heteroatoms. The van der Waals surface area contributed by atoms with E-state index in [0.717, 1.165) is 5.56 Å². The van der Waals surface area contributed by atoms with Gasteiger partial charge in [0.2, 0.25) is 0 Å². The Morgan fingerprint density at radius 1 is 0.844 bits per heavy atom. The van der Waals surface area contributed by atoms with Gasteiger partial charge in [0.1, 0.15) is 5.60 Å². The summed E-state index contributed by atoms with van der Waals surface area (Å²) in [6.45, 7) is 14.2. The first-order valence-corrected chi connectivity index (χ1v) is 12.1. The molecule has 0 aromatic heterocycles. The molecule has 0 saturated carbocycles. The highest BCUT2D eigenvalue weighted by atomic mass is 32.2. The molecule has 0 N–H and O–H groups in total. The summed E-state index contributed by atoms with van der Waals surface area (Å²) in [6, 6.07) is 6.44. The van der Waals surface area contributed by atoms with E-state index in [1.54, 1.807) is 12.1 Å². The highest BCUT2D eigenvalue weighted by Gasteiger charge is 2.35. The summed E-state index contributed by atoms with van der Waals surface area (Å²) < 4.78 is 51.0. The average molecular weight is 475 g/mol. The summed E-state index contributed by atoms with van der Waals surface area (Å²) in [7, 11) is -3.79. The van der Waals surface area contributed by atoms with Crippen LogP contribution in [0.25, 0.3) is 0 Å². The van der Waals surface area contributed by atoms with E-state index in [1.165, 1.54) is 12.1 Å². The van der Waals surface area contributed by atoms with Crippen molar-refractivity contribution in [3.8, 4) is 0 Å². The van der Waals surface area contributed by atoms with Crippen molar-refractivity contribution < 1.29 is 36.3 Å². The van der Waals surface area contributed by atoms with Crippen molar-refractivity contribution in [2.75, 3.05) is 39.6 Å². The molecule has 184 valence electrons. The molecule has 8 nitrogen and oxygen atoms in total. The van der Waals surface area contributed by atoms with E-state index in [9.17, 15) is 13.2 Å². The normalized spacial score (nSPS) is 13.7. The molecular formula is C23H38O8S. The van der Waals surface area contributed by atoms with Gasteiger partial charge in [-0.25, -0.2) is 4.79 Å². The van der Waals surface area contributed by atoms with Gasteiger partial charge in [-0.1, -0.05) is 38.5 Å². The van der Waals surface area contributed by atoms with Gasteiger partial charge >= 0.3 is 5.97 Å². The minimum atomic E-state index is -3.79.